The number of fused-ring (bicyclic) bond motifs is 1. The molecule has 4 atom stereocenters. The van der Waals surface area contributed by atoms with Crippen LogP contribution in [0.2, 0.25) is 0 Å². The number of oxime groups is 1. The Balaban J connectivity index is 1.86. The largest absolute Gasteiger partial charge is 0.477 e. The van der Waals surface area contributed by atoms with Gasteiger partial charge in [-0.25, -0.2) is 4.79 Å². The minimum Gasteiger partial charge on any atom is -0.477 e. The van der Waals surface area contributed by atoms with Gasteiger partial charge in [-0.2, -0.15) is 0 Å². The molecule has 0 bridgehead atoms. The van der Waals surface area contributed by atoms with Crippen LogP contribution in [-0.2, 0) is 14.4 Å². The number of carboxylic acids is 1. The van der Waals surface area contributed by atoms with Crippen LogP contribution in [0.1, 0.15) is 33.6 Å². The number of carbonyl (C=O) groups excluding carboxylic acids is 1. The Labute approximate surface area is 128 Å². The zero-order valence-corrected chi connectivity index (χ0v) is 12.8. The highest BCUT2D eigenvalue weighted by Gasteiger charge is 2.58. The van der Waals surface area contributed by atoms with Crippen molar-refractivity contribution in [3.8, 4) is 0 Å². The van der Waals surface area contributed by atoms with Crippen molar-refractivity contribution < 1.29 is 24.6 Å². The van der Waals surface area contributed by atoms with E-state index in [0.29, 0.717) is 18.4 Å². The summed E-state index contributed by atoms with van der Waals surface area (Å²) >= 11 is 0. The first kappa shape index (κ1) is 15.0. The third-order valence-electron chi connectivity index (χ3n) is 4.71. The number of β-lactam (4-membered cyclic amide) rings is 1. The highest BCUT2D eigenvalue weighted by molar-refractivity contribution is 6.00. The van der Waals surface area contributed by atoms with Gasteiger partial charge in [-0.05, 0) is 19.3 Å². The van der Waals surface area contributed by atoms with Crippen molar-refractivity contribution in [1.29, 1.82) is 0 Å². The molecule has 0 aromatic heterocycles. The minimum absolute atomic E-state index is 0.0112. The van der Waals surface area contributed by atoms with Gasteiger partial charge in [-0.1, -0.05) is 19.0 Å². The molecule has 0 unspecified atom stereocenters. The molecule has 1 fully saturated rings. The molecule has 0 saturated carbocycles. The van der Waals surface area contributed by atoms with Gasteiger partial charge in [-0.3, -0.25) is 4.79 Å². The van der Waals surface area contributed by atoms with Crippen LogP contribution in [0.5, 0.6) is 0 Å². The van der Waals surface area contributed by atoms with Crippen LogP contribution in [0.3, 0.4) is 0 Å². The first-order valence-electron chi connectivity index (χ1n) is 7.53. The maximum Gasteiger partial charge on any atom is 0.352 e. The van der Waals surface area contributed by atoms with Crippen molar-refractivity contribution >= 4 is 17.6 Å². The summed E-state index contributed by atoms with van der Waals surface area (Å²) in [6.07, 6.45) is -0.224. The van der Waals surface area contributed by atoms with E-state index in [1.807, 2.05) is 13.8 Å². The van der Waals surface area contributed by atoms with Crippen LogP contribution >= 0.6 is 0 Å². The molecule has 0 aliphatic carbocycles. The van der Waals surface area contributed by atoms with E-state index >= 15 is 0 Å². The Morgan fingerprint density at radius 2 is 2.05 bits per heavy atom. The minimum atomic E-state index is -1.13. The molecular formula is C15H20N2O5. The Kier molecular flexibility index (Phi) is 3.47. The number of aliphatic hydroxyl groups excluding tert-OH is 1. The molecular weight excluding hydrogens is 288 g/mol. The summed E-state index contributed by atoms with van der Waals surface area (Å²) in [6.45, 7) is 5.57. The zero-order valence-electron chi connectivity index (χ0n) is 12.8. The Bertz CT molecular complexity index is 593. The second kappa shape index (κ2) is 5.08. The first-order chi connectivity index (χ1) is 10.3. The molecule has 3 rings (SSSR count). The summed E-state index contributed by atoms with van der Waals surface area (Å²) in [7, 11) is 0. The van der Waals surface area contributed by atoms with E-state index in [9.17, 15) is 19.8 Å². The van der Waals surface area contributed by atoms with E-state index < -0.39 is 24.1 Å². The summed E-state index contributed by atoms with van der Waals surface area (Å²) < 4.78 is 0. The molecule has 3 aliphatic heterocycles. The van der Waals surface area contributed by atoms with Crippen molar-refractivity contribution in [3.05, 3.63) is 11.3 Å². The topological polar surface area (TPSA) is 99.4 Å². The number of carbonyl (C=O) groups is 2. The van der Waals surface area contributed by atoms with E-state index in [4.69, 9.17) is 4.84 Å². The van der Waals surface area contributed by atoms with Gasteiger partial charge in [0, 0.05) is 12.0 Å². The number of rotatable bonds is 4. The third kappa shape index (κ3) is 2.03. The van der Waals surface area contributed by atoms with Crippen molar-refractivity contribution in [2.24, 2.45) is 17.0 Å². The summed E-state index contributed by atoms with van der Waals surface area (Å²) in [5, 5.41) is 23.2. The number of hydrogen-bond donors (Lipinski definition) is 2. The van der Waals surface area contributed by atoms with Crippen LogP contribution in [0.15, 0.2) is 16.4 Å². The van der Waals surface area contributed by atoms with Gasteiger partial charge in [0.15, 0.2) is 6.10 Å². The summed E-state index contributed by atoms with van der Waals surface area (Å²) in [5.74, 6) is -1.74. The van der Waals surface area contributed by atoms with Gasteiger partial charge in [0.2, 0.25) is 5.91 Å². The fourth-order valence-corrected chi connectivity index (χ4v) is 3.51. The highest BCUT2D eigenvalue weighted by atomic mass is 16.6. The fraction of sp³-hybridized carbons (Fsp3) is 0.667. The highest BCUT2D eigenvalue weighted by Crippen LogP contribution is 2.46. The number of hydrogen-bond acceptors (Lipinski definition) is 5. The molecule has 2 N–H and O–H groups in total. The lowest BCUT2D eigenvalue weighted by Crippen LogP contribution is -2.61. The molecule has 120 valence electrons. The first-order valence-corrected chi connectivity index (χ1v) is 7.53. The van der Waals surface area contributed by atoms with E-state index in [-0.39, 0.29) is 23.6 Å². The van der Waals surface area contributed by atoms with Gasteiger partial charge in [0.05, 0.1) is 23.8 Å². The maximum atomic E-state index is 12.1. The maximum absolute atomic E-state index is 12.1. The zero-order chi connectivity index (χ0) is 16.2. The predicted octanol–water partition coefficient (Wildman–Crippen LogP) is 0.737. The van der Waals surface area contributed by atoms with E-state index in [1.165, 1.54) is 4.90 Å². The third-order valence-corrected chi connectivity index (χ3v) is 4.71. The fourth-order valence-electron chi connectivity index (χ4n) is 3.51. The van der Waals surface area contributed by atoms with Crippen LogP contribution in [0.25, 0.3) is 0 Å². The molecule has 0 radical (unpaired) electrons. The van der Waals surface area contributed by atoms with Gasteiger partial charge in [-0.15, -0.1) is 0 Å². The molecule has 1 amide bonds. The van der Waals surface area contributed by atoms with Crippen molar-refractivity contribution in [2.45, 2.75) is 51.9 Å². The van der Waals surface area contributed by atoms with Crippen LogP contribution in [0, 0.1) is 11.8 Å². The van der Waals surface area contributed by atoms with Crippen LogP contribution < -0.4 is 0 Å². The van der Waals surface area contributed by atoms with E-state index in [2.05, 4.69) is 5.16 Å². The smallest absolute Gasteiger partial charge is 0.352 e. The SMILES string of the molecule is CC(C)C1=NO[C@H](C2=C(C(=O)O)N3C(=O)[C@H]([C@@H](C)O)[C@H]3C2)C1. The number of aliphatic carboxylic acids is 1. The standard InChI is InChI=1S/C15H20N2O5/c1-6(2)9-5-11(22-16-9)8-4-10-12(7(3)18)14(19)17(10)13(8)15(20)21/h6-7,10-12,18H,4-5H2,1-3H3,(H,20,21)/t7-,10-,11+,12-/m1/s1. The average Bonchev–Trinajstić information content (AvgIpc) is 2.99. The Hall–Kier alpha value is -1.89. The molecule has 7 nitrogen and oxygen atoms in total. The number of carboxylic acid groups (broad SMARTS) is 1. The van der Waals surface area contributed by atoms with Crippen molar-refractivity contribution in [2.75, 3.05) is 0 Å². The number of amides is 1. The summed E-state index contributed by atoms with van der Waals surface area (Å²) in [6, 6.07) is -0.278. The lowest BCUT2D eigenvalue weighted by molar-refractivity contribution is -0.161. The lowest BCUT2D eigenvalue weighted by Gasteiger charge is -2.44. The molecule has 1 saturated heterocycles. The van der Waals surface area contributed by atoms with Gasteiger partial charge < -0.3 is 20.0 Å². The number of nitrogens with zero attached hydrogens (tertiary/aromatic N) is 2. The van der Waals surface area contributed by atoms with Crippen molar-refractivity contribution in [1.82, 2.24) is 4.90 Å². The monoisotopic (exact) mass is 308 g/mol. The van der Waals surface area contributed by atoms with Crippen LogP contribution in [-0.4, -0.2) is 51.0 Å². The average molecular weight is 308 g/mol. The molecule has 22 heavy (non-hydrogen) atoms. The van der Waals surface area contributed by atoms with E-state index in [1.54, 1.807) is 6.92 Å². The Morgan fingerprint density at radius 3 is 2.55 bits per heavy atom. The lowest BCUT2D eigenvalue weighted by atomic mass is 9.82. The Morgan fingerprint density at radius 1 is 1.36 bits per heavy atom. The quantitative estimate of drug-likeness (QED) is 0.746. The van der Waals surface area contributed by atoms with Crippen molar-refractivity contribution in [3.63, 3.8) is 0 Å². The number of aliphatic hydroxyl groups is 1. The molecule has 3 aliphatic rings. The molecule has 7 heteroatoms. The second-order valence-electron chi connectivity index (χ2n) is 6.46. The normalized spacial score (nSPS) is 31.9. The van der Waals surface area contributed by atoms with Gasteiger partial charge in [0.1, 0.15) is 5.70 Å². The van der Waals surface area contributed by atoms with Gasteiger partial charge in [0.25, 0.3) is 0 Å². The summed E-state index contributed by atoms with van der Waals surface area (Å²) in [5.41, 5.74) is 1.51. The van der Waals surface area contributed by atoms with Crippen LogP contribution in [0.4, 0.5) is 0 Å². The second-order valence-corrected chi connectivity index (χ2v) is 6.46. The molecule has 3 heterocycles. The van der Waals surface area contributed by atoms with Gasteiger partial charge >= 0.3 is 5.97 Å². The molecule has 0 aromatic carbocycles. The predicted molar refractivity (Wildman–Crippen MR) is 76.8 cm³/mol. The van der Waals surface area contributed by atoms with E-state index in [0.717, 1.165) is 5.71 Å². The molecule has 0 aromatic rings. The summed E-state index contributed by atoms with van der Waals surface area (Å²) in [4.78, 5) is 30.4. The molecule has 0 spiro atoms.